The molecule has 178 valence electrons. The van der Waals surface area contributed by atoms with Crippen molar-refractivity contribution in [1.82, 2.24) is 4.90 Å². The Hall–Kier alpha value is -3.65. The van der Waals surface area contributed by atoms with Crippen LogP contribution in [-0.4, -0.2) is 54.7 Å². The maximum atomic E-state index is 13.2. The Morgan fingerprint density at radius 1 is 1.21 bits per heavy atom. The van der Waals surface area contributed by atoms with Gasteiger partial charge < -0.3 is 24.5 Å². The van der Waals surface area contributed by atoms with Gasteiger partial charge in [-0.1, -0.05) is 24.3 Å². The largest absolute Gasteiger partial charge is 0.481 e. The fourth-order valence-corrected chi connectivity index (χ4v) is 4.49. The lowest BCUT2D eigenvalue weighted by molar-refractivity contribution is -0.146. The van der Waals surface area contributed by atoms with E-state index in [-0.39, 0.29) is 19.1 Å². The number of benzene rings is 2. The number of carboxylic acids is 1. The lowest BCUT2D eigenvalue weighted by Crippen LogP contribution is -2.50. The molecule has 1 fully saturated rings. The minimum atomic E-state index is -0.886. The van der Waals surface area contributed by atoms with Gasteiger partial charge in [0.05, 0.1) is 12.5 Å². The number of aliphatic carboxylic acids is 1. The number of aryl methyl sites for hydroxylation is 1. The number of likely N-dealkylation sites (tertiary alicyclic amines) is 1. The standard InChI is InChI=1S/C26H28N2O6/c1-16-6-3-4-8-19(16)21-13-24(29)34-23-12-18(9-10-20(21)23)27-22(15-33-2)25(30)28-11-5-7-17(14-28)26(31)32/h3-4,6,8-10,12-13,17,22,27H,5,7,11,14-15H2,1-2H3,(H,31,32)/t17-,22+/m0/s1. The van der Waals surface area contributed by atoms with Crippen LogP contribution in [0.4, 0.5) is 5.69 Å². The quantitative estimate of drug-likeness (QED) is 0.515. The molecular formula is C26H28N2O6. The molecule has 2 N–H and O–H groups in total. The number of amides is 1. The molecule has 1 amide bonds. The van der Waals surface area contributed by atoms with Gasteiger partial charge in [-0.05, 0) is 43.0 Å². The molecule has 0 unspecified atom stereocenters. The highest BCUT2D eigenvalue weighted by Gasteiger charge is 2.32. The topological polar surface area (TPSA) is 109 Å². The fraction of sp³-hybridized carbons (Fsp3) is 0.346. The van der Waals surface area contributed by atoms with Crippen molar-refractivity contribution >= 4 is 28.5 Å². The first-order chi connectivity index (χ1) is 16.4. The third kappa shape index (κ3) is 4.97. The highest BCUT2D eigenvalue weighted by atomic mass is 16.5. The summed E-state index contributed by atoms with van der Waals surface area (Å²) in [6.45, 7) is 2.79. The van der Waals surface area contributed by atoms with Crippen LogP contribution in [0.25, 0.3) is 22.1 Å². The molecule has 2 heterocycles. The van der Waals surface area contributed by atoms with Gasteiger partial charge in [-0.2, -0.15) is 0 Å². The number of anilines is 1. The Bertz CT molecular complexity index is 1270. The number of ether oxygens (including phenoxy) is 1. The second-order valence-electron chi connectivity index (χ2n) is 8.62. The normalized spacial score (nSPS) is 16.9. The Labute approximate surface area is 197 Å². The number of fused-ring (bicyclic) bond motifs is 1. The zero-order valence-corrected chi connectivity index (χ0v) is 19.2. The van der Waals surface area contributed by atoms with E-state index >= 15 is 0 Å². The van der Waals surface area contributed by atoms with Crippen LogP contribution >= 0.6 is 0 Å². The number of rotatable bonds is 7. The van der Waals surface area contributed by atoms with Crippen LogP contribution in [0.3, 0.4) is 0 Å². The molecule has 2 aromatic carbocycles. The number of carbonyl (C=O) groups is 2. The molecule has 4 rings (SSSR count). The molecule has 0 radical (unpaired) electrons. The first-order valence-electron chi connectivity index (χ1n) is 11.3. The van der Waals surface area contributed by atoms with Crippen molar-refractivity contribution in [2.75, 3.05) is 32.1 Å². The molecule has 0 spiro atoms. The molecule has 0 saturated carbocycles. The van der Waals surface area contributed by atoms with E-state index < -0.39 is 23.6 Å². The van der Waals surface area contributed by atoms with E-state index in [0.717, 1.165) is 22.1 Å². The minimum absolute atomic E-state index is 0.109. The van der Waals surface area contributed by atoms with Crippen LogP contribution in [0, 0.1) is 12.8 Å². The number of carbonyl (C=O) groups excluding carboxylic acids is 1. The molecule has 0 bridgehead atoms. The maximum Gasteiger partial charge on any atom is 0.336 e. The lowest BCUT2D eigenvalue weighted by Gasteiger charge is -2.33. The van der Waals surface area contributed by atoms with Gasteiger partial charge >= 0.3 is 11.6 Å². The molecule has 34 heavy (non-hydrogen) atoms. The van der Waals surface area contributed by atoms with Crippen molar-refractivity contribution in [2.24, 2.45) is 5.92 Å². The number of hydrogen-bond acceptors (Lipinski definition) is 6. The van der Waals surface area contributed by atoms with Crippen molar-refractivity contribution < 1.29 is 23.8 Å². The van der Waals surface area contributed by atoms with Crippen molar-refractivity contribution in [3.8, 4) is 11.1 Å². The number of piperidine rings is 1. The van der Waals surface area contributed by atoms with E-state index in [1.807, 2.05) is 43.3 Å². The van der Waals surface area contributed by atoms with Crippen LogP contribution in [0.5, 0.6) is 0 Å². The summed E-state index contributed by atoms with van der Waals surface area (Å²) in [5.41, 5.74) is 3.33. The van der Waals surface area contributed by atoms with Crippen LogP contribution in [0.2, 0.25) is 0 Å². The highest BCUT2D eigenvalue weighted by molar-refractivity contribution is 5.96. The van der Waals surface area contributed by atoms with Gasteiger partial charge in [0.25, 0.3) is 0 Å². The lowest BCUT2D eigenvalue weighted by atomic mass is 9.97. The molecule has 3 aromatic rings. The molecule has 8 nitrogen and oxygen atoms in total. The molecular weight excluding hydrogens is 436 g/mol. The van der Waals surface area contributed by atoms with Crippen LogP contribution in [-0.2, 0) is 14.3 Å². The summed E-state index contributed by atoms with van der Waals surface area (Å²) in [5.74, 6) is -1.67. The van der Waals surface area contributed by atoms with Crippen molar-refractivity contribution in [3.63, 3.8) is 0 Å². The third-order valence-electron chi connectivity index (χ3n) is 6.23. The molecule has 1 aliphatic rings. The molecule has 1 saturated heterocycles. The summed E-state index contributed by atoms with van der Waals surface area (Å²) in [6, 6.07) is 14.0. The number of nitrogens with zero attached hydrogens (tertiary/aromatic N) is 1. The molecule has 2 atom stereocenters. The predicted octanol–water partition coefficient (Wildman–Crippen LogP) is 3.52. The van der Waals surface area contributed by atoms with E-state index in [1.165, 1.54) is 13.2 Å². The smallest absolute Gasteiger partial charge is 0.336 e. The van der Waals surface area contributed by atoms with E-state index in [4.69, 9.17) is 9.15 Å². The minimum Gasteiger partial charge on any atom is -0.481 e. The second-order valence-corrected chi connectivity index (χ2v) is 8.62. The summed E-state index contributed by atoms with van der Waals surface area (Å²) < 4.78 is 10.7. The predicted molar refractivity (Wildman–Crippen MR) is 129 cm³/mol. The first-order valence-corrected chi connectivity index (χ1v) is 11.3. The summed E-state index contributed by atoms with van der Waals surface area (Å²) in [5, 5.41) is 13.3. The van der Waals surface area contributed by atoms with Gasteiger partial charge in [-0.3, -0.25) is 9.59 Å². The Morgan fingerprint density at radius 2 is 2.00 bits per heavy atom. The zero-order valence-electron chi connectivity index (χ0n) is 19.2. The zero-order chi connectivity index (χ0) is 24.2. The van der Waals surface area contributed by atoms with Crippen LogP contribution < -0.4 is 10.9 Å². The number of nitrogens with one attached hydrogen (secondary N) is 1. The van der Waals surface area contributed by atoms with E-state index in [0.29, 0.717) is 30.7 Å². The van der Waals surface area contributed by atoms with Gasteiger partial charge in [0.1, 0.15) is 11.6 Å². The summed E-state index contributed by atoms with van der Waals surface area (Å²) in [7, 11) is 1.51. The number of hydrogen-bond donors (Lipinski definition) is 2. The highest BCUT2D eigenvalue weighted by Crippen LogP contribution is 2.31. The van der Waals surface area contributed by atoms with E-state index in [2.05, 4.69) is 5.32 Å². The maximum absolute atomic E-state index is 13.2. The van der Waals surface area contributed by atoms with Crippen molar-refractivity contribution in [3.05, 3.63) is 64.5 Å². The summed E-state index contributed by atoms with van der Waals surface area (Å²) in [6.07, 6.45) is 1.21. The van der Waals surface area contributed by atoms with Crippen molar-refractivity contribution in [1.29, 1.82) is 0 Å². The van der Waals surface area contributed by atoms with Crippen LogP contribution in [0.1, 0.15) is 18.4 Å². The van der Waals surface area contributed by atoms with Gasteiger partial charge in [0.2, 0.25) is 5.91 Å². The van der Waals surface area contributed by atoms with Crippen molar-refractivity contribution in [2.45, 2.75) is 25.8 Å². The monoisotopic (exact) mass is 464 g/mol. The van der Waals surface area contributed by atoms with E-state index in [1.54, 1.807) is 11.0 Å². The van der Waals surface area contributed by atoms with Crippen LogP contribution in [0.15, 0.2) is 57.7 Å². The first kappa shape index (κ1) is 23.5. The average Bonchev–Trinajstić information content (AvgIpc) is 2.83. The number of methoxy groups -OCH3 is 1. The Kier molecular flexibility index (Phi) is 6.98. The molecule has 1 aliphatic heterocycles. The summed E-state index contributed by atoms with van der Waals surface area (Å²) in [4.78, 5) is 38.5. The number of carboxylic acid groups (broad SMARTS) is 1. The second kappa shape index (κ2) is 10.1. The van der Waals surface area contributed by atoms with Gasteiger partial charge in [0.15, 0.2) is 0 Å². The Balaban J connectivity index is 1.62. The summed E-state index contributed by atoms with van der Waals surface area (Å²) >= 11 is 0. The average molecular weight is 465 g/mol. The van der Waals surface area contributed by atoms with Gasteiger partial charge in [0, 0.05) is 49.0 Å². The molecule has 8 heteroatoms. The Morgan fingerprint density at radius 3 is 2.74 bits per heavy atom. The third-order valence-corrected chi connectivity index (χ3v) is 6.23. The van der Waals surface area contributed by atoms with E-state index in [9.17, 15) is 19.5 Å². The molecule has 1 aromatic heterocycles. The van der Waals surface area contributed by atoms with Gasteiger partial charge in [-0.25, -0.2) is 4.79 Å². The fourth-order valence-electron chi connectivity index (χ4n) is 4.49. The SMILES string of the molecule is COC[C@@H](Nc1ccc2c(-c3ccccc3C)cc(=O)oc2c1)C(=O)N1CCC[C@H](C(=O)O)C1. The van der Waals surface area contributed by atoms with Gasteiger partial charge in [-0.15, -0.1) is 0 Å². The molecule has 0 aliphatic carbocycles.